The zero-order valence-corrected chi connectivity index (χ0v) is 20.9. The van der Waals surface area contributed by atoms with Gasteiger partial charge in [0.1, 0.15) is 11.6 Å². The van der Waals surface area contributed by atoms with Crippen molar-refractivity contribution in [2.75, 3.05) is 46.4 Å². The van der Waals surface area contributed by atoms with Crippen LogP contribution in [-0.2, 0) is 9.53 Å². The lowest BCUT2D eigenvalue weighted by molar-refractivity contribution is -0.139. The number of hydrogen-bond acceptors (Lipinski definition) is 5. The fourth-order valence-electron chi connectivity index (χ4n) is 4.65. The molecule has 1 saturated heterocycles. The first-order chi connectivity index (χ1) is 17.8. The molecule has 0 aliphatic carbocycles. The predicted molar refractivity (Wildman–Crippen MR) is 132 cm³/mol. The standard InChI is InChI=1S/C27H30F2N4O4/c1-3-37-26(35)23-22(31(2)27(36)30-24(23)18-8-10-20(28)11-9-18)17-32-12-5-13-33(15-14-32)25(34)19-6-4-7-21(29)16-19/h4,6-11,16,24H,3,5,12-15,17H2,1-2H3,(H,30,36)/t24-/m0/s1. The molecule has 0 bridgehead atoms. The van der Waals surface area contributed by atoms with Crippen LogP contribution in [0.25, 0.3) is 0 Å². The molecule has 4 rings (SSSR count). The molecule has 0 unspecified atom stereocenters. The summed E-state index contributed by atoms with van der Waals surface area (Å²) < 4.78 is 32.5. The first-order valence-electron chi connectivity index (χ1n) is 12.3. The molecular formula is C27H30F2N4O4. The van der Waals surface area contributed by atoms with Gasteiger partial charge in [-0.1, -0.05) is 18.2 Å². The molecule has 2 aromatic rings. The summed E-state index contributed by atoms with van der Waals surface area (Å²) in [6.07, 6.45) is 0.667. The quantitative estimate of drug-likeness (QED) is 0.601. The van der Waals surface area contributed by atoms with Crippen molar-refractivity contribution in [1.29, 1.82) is 0 Å². The van der Waals surface area contributed by atoms with Crippen LogP contribution in [0, 0.1) is 11.6 Å². The van der Waals surface area contributed by atoms with Gasteiger partial charge in [0, 0.05) is 51.0 Å². The molecule has 0 saturated carbocycles. The molecular weight excluding hydrogens is 482 g/mol. The highest BCUT2D eigenvalue weighted by Crippen LogP contribution is 2.31. The summed E-state index contributed by atoms with van der Waals surface area (Å²) in [4.78, 5) is 44.1. The highest BCUT2D eigenvalue weighted by Gasteiger charge is 2.37. The Morgan fingerprint density at radius 2 is 1.78 bits per heavy atom. The fraction of sp³-hybridized carbons (Fsp3) is 0.370. The number of likely N-dealkylation sites (N-methyl/N-ethyl adjacent to an activating group) is 1. The maximum atomic E-state index is 13.6. The summed E-state index contributed by atoms with van der Waals surface area (Å²) in [5, 5.41) is 2.82. The SMILES string of the molecule is CCOC(=O)C1=C(CN2CCCN(C(=O)c3cccc(F)c3)CC2)N(C)C(=O)N[C@H]1c1ccc(F)cc1. The molecule has 10 heteroatoms. The second-order valence-electron chi connectivity index (χ2n) is 9.01. The summed E-state index contributed by atoms with van der Waals surface area (Å²) in [6.45, 7) is 4.18. The van der Waals surface area contributed by atoms with Gasteiger partial charge >= 0.3 is 12.0 Å². The first kappa shape index (κ1) is 26.3. The number of hydrogen-bond donors (Lipinski definition) is 1. The van der Waals surface area contributed by atoms with Gasteiger partial charge in [-0.25, -0.2) is 18.4 Å². The van der Waals surface area contributed by atoms with E-state index < -0.39 is 29.7 Å². The summed E-state index contributed by atoms with van der Waals surface area (Å²) in [7, 11) is 1.59. The van der Waals surface area contributed by atoms with Crippen molar-refractivity contribution >= 4 is 17.9 Å². The number of carbonyl (C=O) groups is 3. The van der Waals surface area contributed by atoms with E-state index >= 15 is 0 Å². The van der Waals surface area contributed by atoms with Gasteiger partial charge in [0.25, 0.3) is 5.91 Å². The average molecular weight is 513 g/mol. The maximum absolute atomic E-state index is 13.6. The minimum absolute atomic E-state index is 0.157. The van der Waals surface area contributed by atoms with Gasteiger partial charge in [-0.2, -0.15) is 0 Å². The number of nitrogens with zero attached hydrogens (tertiary/aromatic N) is 3. The molecule has 3 amide bonds. The monoisotopic (exact) mass is 512 g/mol. The van der Waals surface area contributed by atoms with E-state index in [1.807, 2.05) is 0 Å². The highest BCUT2D eigenvalue weighted by atomic mass is 19.1. The maximum Gasteiger partial charge on any atom is 0.338 e. The Balaban J connectivity index is 1.59. The van der Waals surface area contributed by atoms with E-state index in [-0.39, 0.29) is 24.6 Å². The van der Waals surface area contributed by atoms with Crippen LogP contribution in [0.3, 0.4) is 0 Å². The van der Waals surface area contributed by atoms with Crippen LogP contribution in [-0.4, -0.2) is 79.0 Å². The number of amides is 3. The van der Waals surface area contributed by atoms with Gasteiger partial charge in [-0.05, 0) is 49.2 Å². The molecule has 2 heterocycles. The number of nitrogens with one attached hydrogen (secondary N) is 1. The number of rotatable bonds is 6. The molecule has 2 aromatic carbocycles. The molecule has 2 aliphatic rings. The zero-order chi connectivity index (χ0) is 26.5. The topological polar surface area (TPSA) is 82.2 Å². The van der Waals surface area contributed by atoms with Crippen molar-refractivity contribution in [1.82, 2.24) is 20.0 Å². The lowest BCUT2D eigenvalue weighted by Gasteiger charge is -2.36. The number of urea groups is 1. The van der Waals surface area contributed by atoms with Crippen LogP contribution < -0.4 is 5.32 Å². The Morgan fingerprint density at radius 3 is 2.49 bits per heavy atom. The van der Waals surface area contributed by atoms with Crippen LogP contribution in [0.5, 0.6) is 0 Å². The second-order valence-corrected chi connectivity index (χ2v) is 9.01. The molecule has 8 nitrogen and oxygen atoms in total. The van der Waals surface area contributed by atoms with Gasteiger partial charge in [-0.3, -0.25) is 14.6 Å². The number of esters is 1. The van der Waals surface area contributed by atoms with Crippen LogP contribution >= 0.6 is 0 Å². The average Bonchev–Trinajstić information content (AvgIpc) is 3.12. The van der Waals surface area contributed by atoms with E-state index in [0.29, 0.717) is 49.4 Å². The van der Waals surface area contributed by atoms with Crippen molar-refractivity contribution in [3.8, 4) is 0 Å². The number of ether oxygens (including phenoxy) is 1. The van der Waals surface area contributed by atoms with Crippen LogP contribution in [0.4, 0.5) is 13.6 Å². The predicted octanol–water partition coefficient (Wildman–Crippen LogP) is 3.33. The van der Waals surface area contributed by atoms with Crippen LogP contribution in [0.2, 0.25) is 0 Å². The van der Waals surface area contributed by atoms with Crippen LogP contribution in [0.1, 0.15) is 35.3 Å². The van der Waals surface area contributed by atoms with Gasteiger partial charge in [-0.15, -0.1) is 0 Å². The van der Waals surface area contributed by atoms with Crippen molar-refractivity contribution in [3.63, 3.8) is 0 Å². The molecule has 2 aliphatic heterocycles. The molecule has 0 radical (unpaired) electrons. The summed E-state index contributed by atoms with van der Waals surface area (Å²) >= 11 is 0. The van der Waals surface area contributed by atoms with Gasteiger partial charge in [0.15, 0.2) is 0 Å². The van der Waals surface area contributed by atoms with E-state index in [4.69, 9.17) is 4.74 Å². The lowest BCUT2D eigenvalue weighted by atomic mass is 9.94. The third-order valence-corrected chi connectivity index (χ3v) is 6.60. The zero-order valence-electron chi connectivity index (χ0n) is 20.9. The largest absolute Gasteiger partial charge is 0.463 e. The Hall–Kier alpha value is -3.79. The third-order valence-electron chi connectivity index (χ3n) is 6.60. The Bertz CT molecular complexity index is 1200. The molecule has 37 heavy (non-hydrogen) atoms. The first-order valence-corrected chi connectivity index (χ1v) is 12.3. The van der Waals surface area contributed by atoms with E-state index in [2.05, 4.69) is 10.2 Å². The van der Waals surface area contributed by atoms with Gasteiger partial charge in [0.2, 0.25) is 0 Å². The van der Waals surface area contributed by atoms with Crippen molar-refractivity contribution in [2.24, 2.45) is 0 Å². The van der Waals surface area contributed by atoms with Crippen LogP contribution in [0.15, 0.2) is 59.8 Å². The fourth-order valence-corrected chi connectivity index (χ4v) is 4.65. The van der Waals surface area contributed by atoms with Crippen molar-refractivity contribution < 1.29 is 27.9 Å². The van der Waals surface area contributed by atoms with Crippen molar-refractivity contribution in [3.05, 3.63) is 82.6 Å². The number of benzene rings is 2. The second kappa shape index (κ2) is 11.5. The Kier molecular flexibility index (Phi) is 8.17. The molecule has 1 N–H and O–H groups in total. The number of carbonyl (C=O) groups excluding carboxylic acids is 3. The Labute approximate surface area is 214 Å². The molecule has 196 valence electrons. The van der Waals surface area contributed by atoms with Gasteiger partial charge < -0.3 is 15.0 Å². The normalized spacial score (nSPS) is 18.9. The van der Waals surface area contributed by atoms with E-state index in [1.165, 1.54) is 47.4 Å². The smallest absolute Gasteiger partial charge is 0.338 e. The van der Waals surface area contributed by atoms with Gasteiger partial charge in [0.05, 0.1) is 18.2 Å². The summed E-state index contributed by atoms with van der Waals surface area (Å²) in [5.41, 5.74) is 1.63. The highest BCUT2D eigenvalue weighted by molar-refractivity contribution is 5.95. The number of halogens is 2. The van der Waals surface area contributed by atoms with E-state index in [9.17, 15) is 23.2 Å². The minimum atomic E-state index is -0.795. The Morgan fingerprint density at radius 1 is 1.03 bits per heavy atom. The minimum Gasteiger partial charge on any atom is -0.463 e. The molecule has 0 spiro atoms. The van der Waals surface area contributed by atoms with E-state index in [1.54, 1.807) is 24.9 Å². The summed E-state index contributed by atoms with van der Waals surface area (Å²) in [6, 6.07) is 10.1. The lowest BCUT2D eigenvalue weighted by Crippen LogP contribution is -2.49. The molecule has 1 atom stereocenters. The van der Waals surface area contributed by atoms with E-state index in [0.717, 1.165) is 0 Å². The molecule has 0 aromatic heterocycles. The summed E-state index contributed by atoms with van der Waals surface area (Å²) in [5.74, 6) is -1.68. The third kappa shape index (κ3) is 5.96. The van der Waals surface area contributed by atoms with Crippen molar-refractivity contribution in [2.45, 2.75) is 19.4 Å². The molecule has 1 fully saturated rings.